The van der Waals surface area contributed by atoms with Gasteiger partial charge in [0.15, 0.2) is 5.13 Å². The van der Waals surface area contributed by atoms with Crippen molar-refractivity contribution in [2.75, 3.05) is 18.2 Å². The number of carboxylic acids is 1. The Morgan fingerprint density at radius 1 is 1.21 bits per heavy atom. The molecule has 0 saturated heterocycles. The Morgan fingerprint density at radius 2 is 1.89 bits per heavy atom. The Labute approximate surface area is 174 Å². The summed E-state index contributed by atoms with van der Waals surface area (Å²) < 4.78 is 6.29. The molecule has 1 heterocycles. The number of urea groups is 1. The van der Waals surface area contributed by atoms with E-state index in [0.717, 1.165) is 42.7 Å². The lowest BCUT2D eigenvalue weighted by atomic mass is 9.88. The molecule has 0 aromatic carbocycles. The summed E-state index contributed by atoms with van der Waals surface area (Å²) in [6, 6.07) is 0.464. The fourth-order valence-corrected chi connectivity index (χ4v) is 5.80. The number of aliphatic carboxylic acids is 1. The lowest BCUT2D eigenvalue weighted by molar-refractivity contribution is -0.133. The Hall–Kier alpha value is -1.32. The van der Waals surface area contributed by atoms with Crippen LogP contribution in [-0.4, -0.2) is 58.0 Å². The zero-order valence-corrected chi connectivity index (χ0v) is 17.9. The van der Waals surface area contributed by atoms with E-state index in [-0.39, 0.29) is 17.8 Å². The normalized spacial score (nSPS) is 23.3. The second kappa shape index (κ2) is 10.5. The predicted molar refractivity (Wildman–Crippen MR) is 111 cm³/mol. The summed E-state index contributed by atoms with van der Waals surface area (Å²) >= 11 is 2.55. The van der Waals surface area contributed by atoms with E-state index < -0.39 is 5.97 Å². The summed E-state index contributed by atoms with van der Waals surface area (Å²) in [5.74, 6) is -0.869. The molecule has 0 radical (unpaired) electrons. The average molecular weight is 428 g/mol. The number of nitrogens with one attached hydrogen (secondary N) is 1. The van der Waals surface area contributed by atoms with Crippen LogP contribution in [-0.2, 0) is 9.53 Å². The van der Waals surface area contributed by atoms with Gasteiger partial charge in [-0.2, -0.15) is 0 Å². The molecule has 0 unspecified atom stereocenters. The highest BCUT2D eigenvalue weighted by Gasteiger charge is 2.34. The molecule has 28 heavy (non-hydrogen) atoms. The number of amides is 2. The maximum atomic E-state index is 13.2. The number of rotatable bonds is 7. The number of carboxylic acid groups (broad SMARTS) is 1. The molecule has 0 bridgehead atoms. The van der Waals surface area contributed by atoms with Gasteiger partial charge in [0, 0.05) is 19.2 Å². The molecular weight excluding hydrogens is 398 g/mol. The van der Waals surface area contributed by atoms with Crippen molar-refractivity contribution in [3.63, 3.8) is 0 Å². The molecule has 2 fully saturated rings. The van der Waals surface area contributed by atoms with Crippen molar-refractivity contribution < 1.29 is 19.4 Å². The molecule has 1 aromatic rings. The van der Waals surface area contributed by atoms with Crippen molar-refractivity contribution >= 4 is 40.2 Å². The van der Waals surface area contributed by atoms with E-state index in [1.54, 1.807) is 13.3 Å². The number of methoxy groups -OCH3 is 1. The van der Waals surface area contributed by atoms with E-state index in [0.29, 0.717) is 17.3 Å². The molecule has 2 aliphatic rings. The molecule has 0 atom stereocenters. The molecule has 0 aliphatic heterocycles. The molecule has 1 aromatic heterocycles. The van der Waals surface area contributed by atoms with E-state index in [1.807, 2.05) is 0 Å². The van der Waals surface area contributed by atoms with Gasteiger partial charge in [-0.05, 0) is 38.5 Å². The molecule has 2 amide bonds. The summed E-state index contributed by atoms with van der Waals surface area (Å²) in [6.45, 7) is 0. The molecular formula is C19H29N3O4S2. The molecule has 7 nitrogen and oxygen atoms in total. The van der Waals surface area contributed by atoms with Crippen molar-refractivity contribution in [3.05, 3.63) is 6.20 Å². The molecule has 9 heteroatoms. The fraction of sp³-hybridized carbons (Fsp3) is 0.737. The van der Waals surface area contributed by atoms with Crippen LogP contribution in [0.1, 0.15) is 57.8 Å². The molecule has 2 aliphatic carbocycles. The number of ether oxygens (including phenoxy) is 1. The summed E-state index contributed by atoms with van der Waals surface area (Å²) in [7, 11) is 1.76. The zero-order valence-electron chi connectivity index (χ0n) is 16.3. The molecule has 156 valence electrons. The van der Waals surface area contributed by atoms with Crippen LogP contribution in [0.5, 0.6) is 0 Å². The molecule has 0 spiro atoms. The van der Waals surface area contributed by atoms with Crippen LogP contribution in [0.3, 0.4) is 0 Å². The lowest BCUT2D eigenvalue weighted by Crippen LogP contribution is -2.51. The maximum Gasteiger partial charge on any atom is 0.324 e. The Morgan fingerprint density at radius 3 is 2.54 bits per heavy atom. The van der Waals surface area contributed by atoms with Crippen LogP contribution in [0, 0.1) is 0 Å². The van der Waals surface area contributed by atoms with E-state index in [9.17, 15) is 9.59 Å². The topological polar surface area (TPSA) is 91.8 Å². The van der Waals surface area contributed by atoms with Crippen LogP contribution in [0.15, 0.2) is 10.4 Å². The first-order chi connectivity index (χ1) is 13.6. The van der Waals surface area contributed by atoms with Gasteiger partial charge in [-0.1, -0.05) is 30.6 Å². The van der Waals surface area contributed by atoms with Gasteiger partial charge in [0.05, 0.1) is 22.3 Å². The molecule has 2 N–H and O–H groups in total. The quantitative estimate of drug-likeness (QED) is 0.625. The highest BCUT2D eigenvalue weighted by atomic mass is 32.2. The SMILES string of the molecule is CO[C@H]1CC[C@H](N(C(=O)Nc2ncc(SCC(=O)O)s2)C2CCCCC2)CC1. The monoisotopic (exact) mass is 427 g/mol. The van der Waals surface area contributed by atoms with Gasteiger partial charge in [0.25, 0.3) is 0 Å². The maximum absolute atomic E-state index is 13.2. The number of anilines is 1. The van der Waals surface area contributed by atoms with Gasteiger partial charge < -0.3 is 14.7 Å². The van der Waals surface area contributed by atoms with Gasteiger partial charge >= 0.3 is 12.0 Å². The highest BCUT2D eigenvalue weighted by molar-refractivity contribution is 8.01. The minimum atomic E-state index is -0.862. The fourth-order valence-electron chi connectivity index (χ4n) is 4.22. The first-order valence-electron chi connectivity index (χ1n) is 9.99. The third kappa shape index (κ3) is 5.84. The van der Waals surface area contributed by atoms with Crippen LogP contribution in [0.2, 0.25) is 0 Å². The molecule has 3 rings (SSSR count). The van der Waals surface area contributed by atoms with E-state index in [2.05, 4.69) is 15.2 Å². The van der Waals surface area contributed by atoms with Crippen LogP contribution in [0.4, 0.5) is 9.93 Å². The number of hydrogen-bond donors (Lipinski definition) is 2. The summed E-state index contributed by atoms with van der Waals surface area (Å²) in [5, 5.41) is 12.3. The number of aromatic nitrogens is 1. The minimum absolute atomic E-state index is 0.00742. The van der Waals surface area contributed by atoms with E-state index in [1.165, 1.54) is 42.4 Å². The smallest absolute Gasteiger partial charge is 0.324 e. The number of hydrogen-bond acceptors (Lipinski definition) is 6. The van der Waals surface area contributed by atoms with E-state index in [4.69, 9.17) is 9.84 Å². The largest absolute Gasteiger partial charge is 0.481 e. The van der Waals surface area contributed by atoms with Crippen molar-refractivity contribution in [3.8, 4) is 0 Å². The van der Waals surface area contributed by atoms with Gasteiger partial charge in [0.1, 0.15) is 0 Å². The zero-order chi connectivity index (χ0) is 19.9. The minimum Gasteiger partial charge on any atom is -0.481 e. The van der Waals surface area contributed by atoms with Crippen molar-refractivity contribution in [1.82, 2.24) is 9.88 Å². The van der Waals surface area contributed by atoms with Gasteiger partial charge in [0.2, 0.25) is 0 Å². The van der Waals surface area contributed by atoms with Crippen LogP contribution >= 0.6 is 23.1 Å². The summed E-state index contributed by atoms with van der Waals surface area (Å²) in [4.78, 5) is 30.2. The highest BCUT2D eigenvalue weighted by Crippen LogP contribution is 2.33. The number of carbonyl (C=O) groups is 2. The van der Waals surface area contributed by atoms with Crippen molar-refractivity contribution in [2.24, 2.45) is 0 Å². The average Bonchev–Trinajstić information content (AvgIpc) is 3.15. The Balaban J connectivity index is 1.65. The number of thiazole rings is 1. The van der Waals surface area contributed by atoms with Gasteiger partial charge in [-0.25, -0.2) is 9.78 Å². The van der Waals surface area contributed by atoms with Crippen LogP contribution in [0.25, 0.3) is 0 Å². The van der Waals surface area contributed by atoms with Gasteiger partial charge in [-0.3, -0.25) is 10.1 Å². The van der Waals surface area contributed by atoms with Crippen molar-refractivity contribution in [2.45, 2.75) is 80.2 Å². The van der Waals surface area contributed by atoms with Crippen molar-refractivity contribution in [1.29, 1.82) is 0 Å². The number of carbonyl (C=O) groups excluding carboxylic acids is 1. The van der Waals surface area contributed by atoms with Gasteiger partial charge in [-0.15, -0.1) is 11.8 Å². The Bertz CT molecular complexity index is 655. The number of nitrogens with zero attached hydrogens (tertiary/aromatic N) is 2. The molecule has 2 saturated carbocycles. The third-order valence-corrected chi connectivity index (χ3v) is 7.70. The summed E-state index contributed by atoms with van der Waals surface area (Å²) in [6.07, 6.45) is 11.6. The first-order valence-corrected chi connectivity index (χ1v) is 11.8. The van der Waals surface area contributed by atoms with Crippen LogP contribution < -0.4 is 5.32 Å². The standard InChI is InChI=1S/C19H29N3O4S2/c1-26-15-9-7-14(8-10-15)22(13-5-3-2-4-6-13)19(25)21-18-20-11-17(28-18)27-12-16(23)24/h11,13-15H,2-10,12H2,1H3,(H,23,24)(H,20,21,25)/t14-,15-. The second-order valence-electron chi connectivity index (χ2n) is 7.46. The third-order valence-electron chi connectivity index (χ3n) is 5.61. The predicted octanol–water partition coefficient (Wildman–Crippen LogP) is 4.44. The lowest BCUT2D eigenvalue weighted by Gasteiger charge is -2.42. The Kier molecular flexibility index (Phi) is 7.99. The first kappa shape index (κ1) is 21.4. The second-order valence-corrected chi connectivity index (χ2v) is 9.77. The number of thioether (sulfide) groups is 1. The summed E-state index contributed by atoms with van der Waals surface area (Å²) in [5.41, 5.74) is 0. The van der Waals surface area contributed by atoms with E-state index >= 15 is 0 Å².